The molecule has 2 N–H and O–H groups in total. The Morgan fingerprint density at radius 3 is 2.76 bits per heavy atom. The van der Waals surface area contributed by atoms with Crippen LogP contribution in [-0.4, -0.2) is 27.8 Å². The molecule has 0 unspecified atom stereocenters. The molecule has 2 aromatic heterocycles. The van der Waals surface area contributed by atoms with Crippen molar-refractivity contribution in [3.05, 3.63) is 22.5 Å². The van der Waals surface area contributed by atoms with E-state index in [1.54, 1.807) is 6.20 Å². The number of esters is 1. The third kappa shape index (κ3) is 2.01. The van der Waals surface area contributed by atoms with E-state index in [0.29, 0.717) is 5.13 Å². The van der Waals surface area contributed by atoms with Crippen molar-refractivity contribution in [3.63, 3.8) is 0 Å². The Balaban J connectivity index is 2.44. The van der Waals surface area contributed by atoms with Gasteiger partial charge in [0.2, 0.25) is 5.13 Å². The van der Waals surface area contributed by atoms with E-state index < -0.39 is 5.97 Å². The lowest BCUT2D eigenvalue weighted by Gasteiger charge is -1.94. The maximum atomic E-state index is 11.4. The number of hydrogen-bond donors (Lipinski definition) is 1. The van der Waals surface area contributed by atoms with Crippen LogP contribution in [0.4, 0.5) is 5.69 Å². The summed E-state index contributed by atoms with van der Waals surface area (Å²) >= 11 is 1.49. The summed E-state index contributed by atoms with van der Waals surface area (Å²) in [6, 6.07) is 0. The van der Waals surface area contributed by atoms with Crippen molar-refractivity contribution in [2.75, 3.05) is 12.8 Å². The van der Waals surface area contributed by atoms with Gasteiger partial charge in [-0.1, -0.05) is 11.3 Å². The number of nitrogen functional groups attached to an aromatic ring is 1. The van der Waals surface area contributed by atoms with Crippen molar-refractivity contribution >= 4 is 23.0 Å². The number of ether oxygens (including phenoxy) is 1. The van der Waals surface area contributed by atoms with Crippen LogP contribution in [0.25, 0.3) is 5.13 Å². The highest BCUT2D eigenvalue weighted by molar-refractivity contribution is 7.14. The van der Waals surface area contributed by atoms with Crippen molar-refractivity contribution in [2.24, 2.45) is 0 Å². The van der Waals surface area contributed by atoms with E-state index in [4.69, 9.17) is 5.73 Å². The smallest absolute Gasteiger partial charge is 0.360 e. The average molecular weight is 252 g/mol. The summed E-state index contributed by atoms with van der Waals surface area (Å²) in [6.07, 6.45) is 1.56. The van der Waals surface area contributed by atoms with Crippen LogP contribution in [0.1, 0.15) is 21.1 Å². The summed E-state index contributed by atoms with van der Waals surface area (Å²) in [7, 11) is 1.29. The van der Waals surface area contributed by atoms with E-state index in [-0.39, 0.29) is 11.4 Å². The maximum absolute atomic E-state index is 11.4. The molecule has 0 radical (unpaired) electrons. The molecule has 17 heavy (non-hydrogen) atoms. The van der Waals surface area contributed by atoms with Crippen LogP contribution in [0.15, 0.2) is 6.20 Å². The van der Waals surface area contributed by atoms with Crippen LogP contribution in [0.3, 0.4) is 0 Å². The molecule has 0 bridgehead atoms. The zero-order valence-corrected chi connectivity index (χ0v) is 10.5. The van der Waals surface area contributed by atoms with Gasteiger partial charge in [0, 0.05) is 4.88 Å². The van der Waals surface area contributed by atoms with Crippen molar-refractivity contribution < 1.29 is 9.53 Å². The summed E-state index contributed by atoms with van der Waals surface area (Å²) in [4.78, 5) is 16.8. The normalized spacial score (nSPS) is 10.5. The van der Waals surface area contributed by atoms with Gasteiger partial charge in [-0.2, -0.15) is 5.10 Å². The molecule has 0 saturated heterocycles. The predicted octanol–water partition coefficient (Wildman–Crippen LogP) is 1.31. The highest BCUT2D eigenvalue weighted by atomic mass is 32.1. The monoisotopic (exact) mass is 252 g/mol. The van der Waals surface area contributed by atoms with E-state index in [1.807, 2.05) is 13.8 Å². The lowest BCUT2D eigenvalue weighted by molar-refractivity contribution is 0.0594. The number of aryl methyl sites for hydroxylation is 2. The predicted molar refractivity (Wildman–Crippen MR) is 64.5 cm³/mol. The third-order valence-electron chi connectivity index (χ3n) is 2.33. The molecule has 0 fully saturated rings. The van der Waals surface area contributed by atoms with Gasteiger partial charge in [0.25, 0.3) is 0 Å². The first-order valence-electron chi connectivity index (χ1n) is 4.90. The van der Waals surface area contributed by atoms with Crippen LogP contribution < -0.4 is 5.73 Å². The lowest BCUT2D eigenvalue weighted by Crippen LogP contribution is -2.05. The highest BCUT2D eigenvalue weighted by Crippen LogP contribution is 2.22. The van der Waals surface area contributed by atoms with Gasteiger partial charge in [-0.3, -0.25) is 0 Å². The standard InChI is InChI=1S/C10H12N4O2S/c1-5-6(2)17-10(12-5)14-4-7(11)8(13-14)9(15)16-3/h4H,11H2,1-3H3. The number of carbonyl (C=O) groups excluding carboxylic acids is 1. The van der Waals surface area contributed by atoms with Crippen LogP contribution in [0.5, 0.6) is 0 Å². The number of rotatable bonds is 2. The van der Waals surface area contributed by atoms with Gasteiger partial charge >= 0.3 is 5.97 Å². The van der Waals surface area contributed by atoms with Gasteiger partial charge in [-0.15, -0.1) is 0 Å². The van der Waals surface area contributed by atoms with Crippen LogP contribution in [0, 0.1) is 13.8 Å². The zero-order valence-electron chi connectivity index (χ0n) is 9.72. The number of aromatic nitrogens is 3. The van der Waals surface area contributed by atoms with Crippen molar-refractivity contribution in [1.82, 2.24) is 14.8 Å². The topological polar surface area (TPSA) is 83.0 Å². The minimum Gasteiger partial charge on any atom is -0.464 e. The van der Waals surface area contributed by atoms with E-state index in [2.05, 4.69) is 14.8 Å². The summed E-state index contributed by atoms with van der Waals surface area (Å²) in [5.41, 5.74) is 7.03. The molecule has 0 atom stereocenters. The second-order valence-corrected chi connectivity index (χ2v) is 4.69. The molecule has 0 spiro atoms. The molecular weight excluding hydrogens is 240 g/mol. The highest BCUT2D eigenvalue weighted by Gasteiger charge is 2.17. The second-order valence-electron chi connectivity index (χ2n) is 3.51. The first-order valence-corrected chi connectivity index (χ1v) is 5.72. The SMILES string of the molecule is COC(=O)c1nn(-c2nc(C)c(C)s2)cc1N. The Kier molecular flexibility index (Phi) is 2.84. The molecule has 0 aliphatic carbocycles. The lowest BCUT2D eigenvalue weighted by atomic mass is 10.4. The van der Waals surface area contributed by atoms with Gasteiger partial charge in [-0.05, 0) is 13.8 Å². The number of nitrogens with zero attached hydrogens (tertiary/aromatic N) is 3. The summed E-state index contributed by atoms with van der Waals surface area (Å²) in [5.74, 6) is -0.550. The van der Waals surface area contributed by atoms with Gasteiger partial charge in [-0.25, -0.2) is 14.5 Å². The van der Waals surface area contributed by atoms with Crippen LogP contribution in [0.2, 0.25) is 0 Å². The fourth-order valence-electron chi connectivity index (χ4n) is 1.29. The fourth-order valence-corrected chi connectivity index (χ4v) is 2.13. The van der Waals surface area contributed by atoms with Crippen LogP contribution >= 0.6 is 11.3 Å². The second kappa shape index (κ2) is 4.17. The Morgan fingerprint density at radius 2 is 2.24 bits per heavy atom. The average Bonchev–Trinajstić information content (AvgIpc) is 2.82. The van der Waals surface area contributed by atoms with Gasteiger partial charge in [0.15, 0.2) is 5.69 Å². The fraction of sp³-hybridized carbons (Fsp3) is 0.300. The summed E-state index contributed by atoms with van der Waals surface area (Å²) < 4.78 is 6.08. The number of anilines is 1. The first-order chi connectivity index (χ1) is 8.02. The van der Waals surface area contributed by atoms with Gasteiger partial charge in [0.05, 0.1) is 24.7 Å². The van der Waals surface area contributed by atoms with E-state index >= 15 is 0 Å². The summed E-state index contributed by atoms with van der Waals surface area (Å²) in [5, 5.41) is 4.75. The Morgan fingerprint density at radius 1 is 1.53 bits per heavy atom. The minimum atomic E-state index is -0.550. The number of nitrogens with two attached hydrogens (primary N) is 1. The van der Waals surface area contributed by atoms with E-state index in [9.17, 15) is 4.79 Å². The number of methoxy groups -OCH3 is 1. The zero-order chi connectivity index (χ0) is 12.6. The molecule has 0 aromatic carbocycles. The molecule has 2 heterocycles. The molecule has 6 nitrogen and oxygen atoms in total. The molecule has 0 aliphatic heterocycles. The molecule has 0 saturated carbocycles. The molecular formula is C10H12N4O2S. The molecule has 2 aromatic rings. The number of thiazole rings is 1. The Labute approximate surface area is 102 Å². The van der Waals surface area contributed by atoms with Crippen molar-refractivity contribution in [3.8, 4) is 5.13 Å². The number of hydrogen-bond acceptors (Lipinski definition) is 6. The van der Waals surface area contributed by atoms with E-state index in [1.165, 1.54) is 23.1 Å². The first kappa shape index (κ1) is 11.6. The third-order valence-corrected chi connectivity index (χ3v) is 3.40. The van der Waals surface area contributed by atoms with Crippen molar-refractivity contribution in [1.29, 1.82) is 0 Å². The van der Waals surface area contributed by atoms with Gasteiger partial charge in [0.1, 0.15) is 0 Å². The minimum absolute atomic E-state index is 0.109. The van der Waals surface area contributed by atoms with Gasteiger partial charge < -0.3 is 10.5 Å². The molecule has 0 amide bonds. The molecule has 7 heteroatoms. The van der Waals surface area contributed by atoms with Crippen molar-refractivity contribution in [2.45, 2.75) is 13.8 Å². The Hall–Kier alpha value is -1.89. The number of carbonyl (C=O) groups is 1. The maximum Gasteiger partial charge on any atom is 0.360 e. The molecule has 2 rings (SSSR count). The Bertz CT molecular complexity index is 553. The van der Waals surface area contributed by atoms with E-state index in [0.717, 1.165) is 10.6 Å². The summed E-state index contributed by atoms with van der Waals surface area (Å²) in [6.45, 7) is 3.90. The molecule has 0 aliphatic rings. The van der Waals surface area contributed by atoms with Crippen LogP contribution in [-0.2, 0) is 4.74 Å². The largest absolute Gasteiger partial charge is 0.464 e. The quantitative estimate of drug-likeness (QED) is 0.815. The molecule has 90 valence electrons.